The highest BCUT2D eigenvalue weighted by Crippen LogP contribution is 2.49. The van der Waals surface area contributed by atoms with Crippen molar-refractivity contribution in [3.63, 3.8) is 0 Å². The van der Waals surface area contributed by atoms with Gasteiger partial charge in [0.15, 0.2) is 6.10 Å². The number of ether oxygens (including phenoxy) is 1. The highest BCUT2D eigenvalue weighted by molar-refractivity contribution is 5.97. The molecule has 2 saturated carbocycles. The third-order valence-electron chi connectivity index (χ3n) is 7.79. The average Bonchev–Trinajstić information content (AvgIpc) is 3.47. The summed E-state index contributed by atoms with van der Waals surface area (Å²) in [7, 11) is 0. The predicted octanol–water partition coefficient (Wildman–Crippen LogP) is 4.53. The van der Waals surface area contributed by atoms with Gasteiger partial charge in [-0.25, -0.2) is 4.79 Å². The normalized spacial score (nSPS) is 26.9. The van der Waals surface area contributed by atoms with Crippen LogP contribution in [0.4, 0.5) is 0 Å². The van der Waals surface area contributed by atoms with Gasteiger partial charge in [-0.1, -0.05) is 6.42 Å². The fourth-order valence-electron chi connectivity index (χ4n) is 6.17. The van der Waals surface area contributed by atoms with Crippen LogP contribution in [0, 0.1) is 17.8 Å². The zero-order chi connectivity index (χ0) is 20.8. The van der Waals surface area contributed by atoms with Crippen molar-refractivity contribution in [2.45, 2.75) is 77.4 Å². The smallest absolute Gasteiger partial charge is 0.338 e. The van der Waals surface area contributed by atoms with Crippen molar-refractivity contribution < 1.29 is 14.3 Å². The lowest BCUT2D eigenvalue weighted by atomic mass is 9.84. The molecule has 5 atom stereocenters. The Balaban J connectivity index is 1.22. The van der Waals surface area contributed by atoms with Gasteiger partial charge >= 0.3 is 5.97 Å². The van der Waals surface area contributed by atoms with Gasteiger partial charge in [-0.05, 0) is 100 Å². The van der Waals surface area contributed by atoms with Gasteiger partial charge in [-0.3, -0.25) is 4.79 Å². The monoisotopic (exact) mass is 408 g/mol. The zero-order valence-electron chi connectivity index (χ0n) is 18.0. The SMILES string of the molecule is CC(OC(=O)c1ccc2[nH]c3c(c2c1)CCCC3)C(=O)NC(C)C1CC2CCC1C2. The number of benzene rings is 1. The molecule has 0 spiro atoms. The Kier molecular flexibility index (Phi) is 5.08. The second kappa shape index (κ2) is 7.75. The molecule has 2 N–H and O–H groups in total. The van der Waals surface area contributed by atoms with Crippen LogP contribution in [-0.4, -0.2) is 29.0 Å². The molecule has 2 fully saturated rings. The summed E-state index contributed by atoms with van der Waals surface area (Å²) in [5, 5.41) is 4.22. The minimum Gasteiger partial charge on any atom is -0.449 e. The number of aryl methyl sites for hydroxylation is 2. The van der Waals surface area contributed by atoms with Crippen molar-refractivity contribution in [1.29, 1.82) is 0 Å². The summed E-state index contributed by atoms with van der Waals surface area (Å²) in [6.45, 7) is 3.76. The largest absolute Gasteiger partial charge is 0.449 e. The number of H-pyrrole nitrogens is 1. The van der Waals surface area contributed by atoms with Gasteiger partial charge < -0.3 is 15.0 Å². The third-order valence-corrected chi connectivity index (χ3v) is 7.79. The molecule has 5 heteroatoms. The second-order valence-corrected chi connectivity index (χ2v) is 9.73. The number of carbonyl (C=O) groups excluding carboxylic acids is 2. The summed E-state index contributed by atoms with van der Waals surface area (Å²) >= 11 is 0. The minimum absolute atomic E-state index is 0.136. The van der Waals surface area contributed by atoms with Crippen LogP contribution < -0.4 is 5.32 Å². The van der Waals surface area contributed by atoms with Gasteiger partial charge in [-0.2, -0.15) is 0 Å². The molecule has 2 aromatic rings. The molecule has 1 heterocycles. The van der Waals surface area contributed by atoms with E-state index in [1.807, 2.05) is 12.1 Å². The van der Waals surface area contributed by atoms with E-state index < -0.39 is 12.1 Å². The van der Waals surface area contributed by atoms with Crippen LogP contribution in [0.25, 0.3) is 10.9 Å². The molecule has 3 aliphatic carbocycles. The van der Waals surface area contributed by atoms with E-state index in [1.54, 1.807) is 13.0 Å². The first-order valence-corrected chi connectivity index (χ1v) is 11.6. The Morgan fingerprint density at radius 2 is 1.97 bits per heavy atom. The Bertz CT molecular complexity index is 978. The molecule has 0 aliphatic heterocycles. The molecule has 1 amide bonds. The zero-order valence-corrected chi connectivity index (χ0v) is 18.0. The van der Waals surface area contributed by atoms with Crippen LogP contribution in [0.3, 0.4) is 0 Å². The van der Waals surface area contributed by atoms with Crippen LogP contribution in [0.1, 0.15) is 74.0 Å². The van der Waals surface area contributed by atoms with Gasteiger partial charge in [0.05, 0.1) is 5.56 Å². The van der Waals surface area contributed by atoms with Crippen LogP contribution in [0.15, 0.2) is 18.2 Å². The summed E-state index contributed by atoms with van der Waals surface area (Å²) in [5.74, 6) is 1.54. The molecule has 3 aliphatic rings. The molecule has 5 nitrogen and oxygen atoms in total. The number of esters is 1. The van der Waals surface area contributed by atoms with E-state index >= 15 is 0 Å². The molecule has 5 unspecified atom stereocenters. The van der Waals surface area contributed by atoms with Gasteiger partial charge in [0.25, 0.3) is 5.91 Å². The van der Waals surface area contributed by atoms with Crippen LogP contribution in [0.5, 0.6) is 0 Å². The molecule has 1 aromatic heterocycles. The highest BCUT2D eigenvalue weighted by Gasteiger charge is 2.42. The van der Waals surface area contributed by atoms with E-state index in [9.17, 15) is 9.59 Å². The van der Waals surface area contributed by atoms with Crippen LogP contribution in [-0.2, 0) is 22.4 Å². The van der Waals surface area contributed by atoms with Crippen molar-refractivity contribution in [1.82, 2.24) is 10.3 Å². The number of aromatic amines is 1. The Labute approximate surface area is 177 Å². The minimum atomic E-state index is -0.797. The molecular formula is C25H32N2O3. The van der Waals surface area contributed by atoms with Gasteiger partial charge in [0.2, 0.25) is 0 Å². The number of hydrogen-bond acceptors (Lipinski definition) is 3. The summed E-state index contributed by atoms with van der Waals surface area (Å²) in [6, 6.07) is 5.79. The van der Waals surface area contributed by atoms with Gasteiger partial charge in [-0.15, -0.1) is 0 Å². The second-order valence-electron chi connectivity index (χ2n) is 9.73. The summed E-state index contributed by atoms with van der Waals surface area (Å²) in [6.07, 6.45) is 8.91. The molecule has 2 bridgehead atoms. The first-order valence-electron chi connectivity index (χ1n) is 11.6. The number of fused-ring (bicyclic) bond motifs is 5. The van der Waals surface area contributed by atoms with Crippen LogP contribution >= 0.6 is 0 Å². The number of rotatable bonds is 5. The maximum absolute atomic E-state index is 12.7. The lowest BCUT2D eigenvalue weighted by Crippen LogP contribution is -2.45. The Morgan fingerprint density at radius 1 is 1.13 bits per heavy atom. The average molecular weight is 409 g/mol. The van der Waals surface area contributed by atoms with Crippen LogP contribution in [0.2, 0.25) is 0 Å². The molecule has 1 aromatic carbocycles. The van der Waals surface area contributed by atoms with Crippen molar-refractivity contribution in [3.05, 3.63) is 35.0 Å². The quantitative estimate of drug-likeness (QED) is 0.714. The van der Waals surface area contributed by atoms with Crippen molar-refractivity contribution in [2.75, 3.05) is 0 Å². The van der Waals surface area contributed by atoms with Crippen molar-refractivity contribution >= 4 is 22.8 Å². The standard InChI is InChI=1S/C25H32N2O3/c1-14(20-12-16-7-8-17(20)11-16)26-24(28)15(2)30-25(29)18-9-10-23-21(13-18)19-5-3-4-6-22(19)27-23/h9-10,13-17,20,27H,3-8,11-12H2,1-2H3,(H,26,28). The van der Waals surface area contributed by atoms with E-state index in [0.29, 0.717) is 11.5 Å². The van der Waals surface area contributed by atoms with E-state index in [1.165, 1.54) is 49.8 Å². The third kappa shape index (κ3) is 3.52. The van der Waals surface area contributed by atoms with E-state index in [0.717, 1.165) is 35.6 Å². The fraction of sp³-hybridized carbons (Fsp3) is 0.600. The summed E-state index contributed by atoms with van der Waals surface area (Å²) in [5.41, 5.74) is 4.21. The number of hydrogen-bond donors (Lipinski definition) is 2. The highest BCUT2D eigenvalue weighted by atomic mass is 16.5. The number of nitrogens with one attached hydrogen (secondary N) is 2. The number of carbonyl (C=O) groups is 2. The molecule has 30 heavy (non-hydrogen) atoms. The van der Waals surface area contributed by atoms with Crippen molar-refractivity contribution in [2.24, 2.45) is 17.8 Å². The van der Waals surface area contributed by atoms with E-state index in [2.05, 4.69) is 17.2 Å². The first-order chi connectivity index (χ1) is 14.5. The van der Waals surface area contributed by atoms with Crippen molar-refractivity contribution in [3.8, 4) is 0 Å². The lowest BCUT2D eigenvalue weighted by Gasteiger charge is -2.29. The fourth-order valence-corrected chi connectivity index (χ4v) is 6.17. The lowest BCUT2D eigenvalue weighted by molar-refractivity contribution is -0.130. The maximum atomic E-state index is 12.7. The van der Waals surface area contributed by atoms with E-state index in [4.69, 9.17) is 4.74 Å². The predicted molar refractivity (Wildman–Crippen MR) is 116 cm³/mol. The summed E-state index contributed by atoms with van der Waals surface area (Å²) < 4.78 is 5.53. The first kappa shape index (κ1) is 19.7. The summed E-state index contributed by atoms with van der Waals surface area (Å²) in [4.78, 5) is 28.9. The maximum Gasteiger partial charge on any atom is 0.338 e. The molecular weight excluding hydrogens is 376 g/mol. The van der Waals surface area contributed by atoms with Gasteiger partial charge in [0.1, 0.15) is 0 Å². The number of amides is 1. The molecule has 160 valence electrons. The van der Waals surface area contributed by atoms with E-state index in [-0.39, 0.29) is 11.9 Å². The Hall–Kier alpha value is -2.30. The Morgan fingerprint density at radius 3 is 2.73 bits per heavy atom. The number of aromatic nitrogens is 1. The molecule has 0 saturated heterocycles. The topological polar surface area (TPSA) is 71.2 Å². The van der Waals surface area contributed by atoms with Gasteiger partial charge in [0, 0.05) is 22.6 Å². The molecule has 5 rings (SSSR count). The molecule has 0 radical (unpaired) electrons.